The first kappa shape index (κ1) is 36.3. The fraction of sp³-hybridized carbons (Fsp3) is 0.278. The summed E-state index contributed by atoms with van der Waals surface area (Å²) in [6.45, 7) is 0. The van der Waals surface area contributed by atoms with Crippen molar-refractivity contribution < 1.29 is 54.2 Å². The molecule has 2 aromatic heterocycles. The van der Waals surface area contributed by atoms with E-state index in [0.29, 0.717) is 5.56 Å². The predicted molar refractivity (Wildman–Crippen MR) is 173 cm³/mol. The third-order valence-electron chi connectivity index (χ3n) is 8.71. The highest BCUT2D eigenvalue weighted by Gasteiger charge is 2.53. The van der Waals surface area contributed by atoms with Gasteiger partial charge in [0.2, 0.25) is 0 Å². The summed E-state index contributed by atoms with van der Waals surface area (Å²) in [5.41, 5.74) is -0.397. The summed E-state index contributed by atoms with van der Waals surface area (Å²) in [6, 6.07) is 13.8. The number of nitrogens with zero attached hydrogens (tertiary/aromatic N) is 2. The number of nitrogens with one attached hydrogen (secondary N) is 2. The smallest absolute Gasteiger partial charge is 0.496 e. The van der Waals surface area contributed by atoms with Crippen LogP contribution in [0.15, 0.2) is 77.5 Å². The van der Waals surface area contributed by atoms with Crippen LogP contribution in [0.25, 0.3) is 33.4 Å². The first-order chi connectivity index (χ1) is 24.6. The zero-order chi connectivity index (χ0) is 37.4. The summed E-state index contributed by atoms with van der Waals surface area (Å²) in [5, 5.41) is 5.50. The Hall–Kier alpha value is -5.51. The molecule has 0 radical (unpaired) electrons. The average molecular weight is 731 g/mol. The first-order valence-electron chi connectivity index (χ1n) is 15.8. The van der Waals surface area contributed by atoms with Gasteiger partial charge < -0.3 is 19.8 Å². The van der Waals surface area contributed by atoms with Crippen molar-refractivity contribution in [2.75, 3.05) is 14.2 Å². The minimum atomic E-state index is -4.91. The van der Waals surface area contributed by atoms with E-state index < -0.39 is 54.7 Å². The van der Waals surface area contributed by atoms with Crippen LogP contribution in [-0.2, 0) is 16.7 Å². The number of hydrogen-bond acceptors (Lipinski definition) is 7. The summed E-state index contributed by atoms with van der Waals surface area (Å²) in [7, 11) is 2.67. The Morgan fingerprint density at radius 2 is 1.62 bits per heavy atom. The molecule has 272 valence electrons. The second-order valence-electron chi connectivity index (χ2n) is 12.1. The maximum absolute atomic E-state index is 13.9. The molecule has 0 unspecified atom stereocenters. The van der Waals surface area contributed by atoms with E-state index in [0.717, 1.165) is 0 Å². The van der Waals surface area contributed by atoms with E-state index in [4.69, 9.17) is 9.15 Å². The zero-order valence-corrected chi connectivity index (χ0v) is 27.4. The van der Waals surface area contributed by atoms with E-state index >= 15 is 0 Å². The lowest BCUT2D eigenvalue weighted by Crippen LogP contribution is -2.59. The number of ether oxygens (including phenoxy) is 2. The van der Waals surface area contributed by atoms with Crippen LogP contribution in [0.3, 0.4) is 0 Å². The summed E-state index contributed by atoms with van der Waals surface area (Å²) in [4.78, 5) is 35.5. The molecule has 2 N–H and O–H groups in total. The average Bonchev–Trinajstić information content (AvgIpc) is 3.46. The van der Waals surface area contributed by atoms with Crippen molar-refractivity contribution in [2.45, 2.75) is 49.9 Å². The van der Waals surface area contributed by atoms with Gasteiger partial charge in [0.1, 0.15) is 28.4 Å². The van der Waals surface area contributed by atoms with Crippen LogP contribution in [0, 0.1) is 5.82 Å². The van der Waals surface area contributed by atoms with E-state index in [2.05, 4.69) is 25.3 Å². The van der Waals surface area contributed by atoms with Gasteiger partial charge in [0.05, 0.1) is 24.3 Å². The molecule has 6 rings (SSSR count). The number of carbonyl (C=O) groups excluding carboxylic acids is 2. The van der Waals surface area contributed by atoms with Crippen molar-refractivity contribution in [3.63, 3.8) is 0 Å². The Labute approximate surface area is 291 Å². The number of amides is 2. The van der Waals surface area contributed by atoms with Crippen LogP contribution in [-0.4, -0.2) is 54.6 Å². The fourth-order valence-electron chi connectivity index (χ4n) is 6.31. The molecule has 1 aliphatic rings. The molecule has 1 aliphatic carbocycles. The molecule has 52 heavy (non-hydrogen) atoms. The van der Waals surface area contributed by atoms with Gasteiger partial charge in [-0.15, -0.1) is 13.2 Å². The maximum Gasteiger partial charge on any atom is 0.522 e. The third-order valence-corrected chi connectivity index (χ3v) is 8.71. The second-order valence-corrected chi connectivity index (χ2v) is 12.1. The summed E-state index contributed by atoms with van der Waals surface area (Å²) in [5.74, 6) is -1.74. The Balaban J connectivity index is 1.45. The quantitative estimate of drug-likeness (QED) is 0.141. The molecule has 0 aliphatic heterocycles. The molecule has 16 heteroatoms. The standard InChI is InChI=1S/C36H29F7N4O5/c1-44-32(49)29-25-16-24(21(10-11-35(38,39)40)15-28(25)51-30(29)19-4-7-22(37)8-5-19)20-6-9-27(50-2)26(14-20)31(48)47-34(33-45-12-3-13-46-33)17-23(18-34)52-36(41,42)43/h3-9,12-16,23H,10-11,17-18H2,1-2H3,(H,44,49)(H,47,48). The molecule has 9 nitrogen and oxygen atoms in total. The molecule has 0 saturated heterocycles. The van der Waals surface area contributed by atoms with Crippen LogP contribution >= 0.6 is 0 Å². The Kier molecular flexibility index (Phi) is 9.70. The molecule has 1 saturated carbocycles. The lowest BCUT2D eigenvalue weighted by molar-refractivity contribution is -0.356. The number of aryl methyl sites for hydroxylation is 1. The third kappa shape index (κ3) is 7.56. The van der Waals surface area contributed by atoms with Gasteiger partial charge in [-0.05, 0) is 77.7 Å². The molecule has 2 amide bonds. The van der Waals surface area contributed by atoms with Crippen LogP contribution < -0.4 is 15.4 Å². The molecular formula is C36H29F7N4O5. The van der Waals surface area contributed by atoms with Crippen molar-refractivity contribution in [3.05, 3.63) is 101 Å². The minimum absolute atomic E-state index is 0.0459. The van der Waals surface area contributed by atoms with Crippen molar-refractivity contribution in [2.24, 2.45) is 0 Å². The fourth-order valence-corrected chi connectivity index (χ4v) is 6.31. The lowest BCUT2D eigenvalue weighted by atomic mass is 9.73. The van der Waals surface area contributed by atoms with E-state index in [1.54, 1.807) is 0 Å². The molecule has 2 heterocycles. The van der Waals surface area contributed by atoms with Gasteiger partial charge in [-0.1, -0.05) is 6.07 Å². The molecule has 0 bridgehead atoms. The maximum atomic E-state index is 13.9. The van der Waals surface area contributed by atoms with Crippen LogP contribution in [0.1, 0.15) is 51.4 Å². The first-order valence-corrected chi connectivity index (χ1v) is 15.8. The highest BCUT2D eigenvalue weighted by Crippen LogP contribution is 2.45. The van der Waals surface area contributed by atoms with Gasteiger partial charge in [-0.25, -0.2) is 14.4 Å². The van der Waals surface area contributed by atoms with Gasteiger partial charge >= 0.3 is 12.5 Å². The second kappa shape index (κ2) is 13.9. The Morgan fingerprint density at radius 3 is 2.23 bits per heavy atom. The summed E-state index contributed by atoms with van der Waals surface area (Å²) in [6.07, 6.45) is -10.3. The summed E-state index contributed by atoms with van der Waals surface area (Å²) >= 11 is 0. The molecule has 0 atom stereocenters. The van der Waals surface area contributed by atoms with E-state index in [9.17, 15) is 40.3 Å². The number of rotatable bonds is 10. The number of methoxy groups -OCH3 is 1. The Morgan fingerprint density at radius 1 is 0.942 bits per heavy atom. The number of halogens is 7. The van der Waals surface area contributed by atoms with Crippen LogP contribution in [0.4, 0.5) is 30.7 Å². The highest BCUT2D eigenvalue weighted by molar-refractivity contribution is 6.12. The zero-order valence-electron chi connectivity index (χ0n) is 27.4. The van der Waals surface area contributed by atoms with Gasteiger partial charge in [-0.3, -0.25) is 14.3 Å². The summed E-state index contributed by atoms with van der Waals surface area (Å²) < 4.78 is 109. The minimum Gasteiger partial charge on any atom is -0.496 e. The predicted octanol–water partition coefficient (Wildman–Crippen LogP) is 7.88. The lowest BCUT2D eigenvalue weighted by Gasteiger charge is -2.46. The van der Waals surface area contributed by atoms with E-state index in [-0.39, 0.29) is 69.0 Å². The van der Waals surface area contributed by atoms with Crippen LogP contribution in [0.2, 0.25) is 0 Å². The van der Waals surface area contributed by atoms with Gasteiger partial charge in [0.15, 0.2) is 5.82 Å². The van der Waals surface area contributed by atoms with Crippen molar-refractivity contribution in [1.82, 2.24) is 20.6 Å². The largest absolute Gasteiger partial charge is 0.522 e. The van der Waals surface area contributed by atoms with Crippen molar-refractivity contribution in [3.8, 4) is 28.2 Å². The monoisotopic (exact) mass is 730 g/mol. The number of carbonyl (C=O) groups is 2. The van der Waals surface area contributed by atoms with Crippen molar-refractivity contribution in [1.29, 1.82) is 0 Å². The number of aromatic nitrogens is 2. The number of benzene rings is 3. The van der Waals surface area contributed by atoms with E-state index in [1.165, 1.54) is 87.2 Å². The van der Waals surface area contributed by atoms with Gasteiger partial charge in [0.25, 0.3) is 11.8 Å². The molecule has 5 aromatic rings. The normalized spacial score (nSPS) is 17.4. The molecule has 3 aromatic carbocycles. The Bertz CT molecular complexity index is 2110. The molecular weight excluding hydrogens is 701 g/mol. The van der Waals surface area contributed by atoms with Crippen LogP contribution in [0.5, 0.6) is 5.75 Å². The van der Waals surface area contributed by atoms with Gasteiger partial charge in [0, 0.05) is 49.7 Å². The molecule has 0 spiro atoms. The SMILES string of the molecule is CNC(=O)c1c(-c2ccc(F)cc2)oc2cc(CCC(F)(F)F)c(-c3ccc(OC)c(C(=O)NC4(c5ncccn5)CC(OC(F)(F)F)C4)c3)cc12. The van der Waals surface area contributed by atoms with Crippen molar-refractivity contribution >= 4 is 22.8 Å². The van der Waals surface area contributed by atoms with E-state index in [1.807, 2.05) is 0 Å². The topological polar surface area (TPSA) is 116 Å². The number of alkyl halides is 6. The van der Waals surface area contributed by atoms with Gasteiger partial charge in [-0.2, -0.15) is 13.2 Å². The molecule has 1 fully saturated rings. The number of hydrogen-bond donors (Lipinski definition) is 2. The highest BCUT2D eigenvalue weighted by atomic mass is 19.4. The number of furan rings is 1. The number of fused-ring (bicyclic) bond motifs is 1.